The zero-order valence-corrected chi connectivity index (χ0v) is 14.5. The molecular formula is C19H19F2NO4. The molecule has 1 aromatic carbocycles. The summed E-state index contributed by atoms with van der Waals surface area (Å²) in [6.45, 7) is 3.52. The Hall–Kier alpha value is -2.54. The van der Waals surface area contributed by atoms with E-state index in [1.165, 1.54) is 12.1 Å². The number of esters is 1. The fraction of sp³-hybridized carbons (Fsp3) is 0.368. The molecule has 0 unspecified atom stereocenters. The monoisotopic (exact) mass is 363 g/mol. The third-order valence-corrected chi connectivity index (χ3v) is 4.40. The summed E-state index contributed by atoms with van der Waals surface area (Å²) in [5.74, 6) is -1.98. The molecule has 2 aromatic rings. The molecule has 0 aliphatic carbocycles. The van der Waals surface area contributed by atoms with Crippen molar-refractivity contribution in [3.8, 4) is 17.0 Å². The summed E-state index contributed by atoms with van der Waals surface area (Å²) in [5.41, 5.74) is 1.13. The number of fused-ring (bicyclic) bond motifs is 1. The zero-order valence-electron chi connectivity index (χ0n) is 14.5. The first-order valence-electron chi connectivity index (χ1n) is 8.38. The number of pyridine rings is 1. The Balaban J connectivity index is 2.18. The lowest BCUT2D eigenvalue weighted by atomic mass is 9.88. The second-order valence-corrected chi connectivity index (χ2v) is 6.20. The lowest BCUT2D eigenvalue weighted by Gasteiger charge is -2.31. The van der Waals surface area contributed by atoms with Gasteiger partial charge in [-0.1, -0.05) is 6.92 Å². The topological polar surface area (TPSA) is 68.7 Å². The van der Waals surface area contributed by atoms with Crippen LogP contribution in [0, 0.1) is 17.6 Å². The van der Waals surface area contributed by atoms with Gasteiger partial charge >= 0.3 is 5.97 Å². The van der Waals surface area contributed by atoms with Gasteiger partial charge in [0.25, 0.3) is 0 Å². The first kappa shape index (κ1) is 18.3. The van der Waals surface area contributed by atoms with Crippen molar-refractivity contribution in [3.63, 3.8) is 0 Å². The Bertz CT molecular complexity index is 841. The van der Waals surface area contributed by atoms with Crippen molar-refractivity contribution < 1.29 is 28.2 Å². The van der Waals surface area contributed by atoms with Gasteiger partial charge in [0.1, 0.15) is 17.7 Å². The number of nitrogens with zero attached hydrogens (tertiary/aromatic N) is 1. The van der Waals surface area contributed by atoms with Crippen molar-refractivity contribution in [2.24, 2.45) is 5.92 Å². The Kier molecular flexibility index (Phi) is 5.18. The molecule has 5 nitrogen and oxygen atoms in total. The van der Waals surface area contributed by atoms with Gasteiger partial charge in [0.2, 0.25) is 5.88 Å². The standard InChI is InChI=1S/C19H19F2NO4/c1-3-25-19(24)16-8-13(12-5-4-11(20)7-15(12)21)14-6-10(2)17(9-23)26-18(14)22-16/h4-5,7-8,10,17,23H,3,6,9H2,1-2H3/t10-,17-/m0/s1. The lowest BCUT2D eigenvalue weighted by molar-refractivity contribution is 0.0491. The van der Waals surface area contributed by atoms with Crippen molar-refractivity contribution in [2.75, 3.05) is 13.2 Å². The molecule has 26 heavy (non-hydrogen) atoms. The largest absolute Gasteiger partial charge is 0.471 e. The van der Waals surface area contributed by atoms with E-state index in [1.807, 2.05) is 6.92 Å². The van der Waals surface area contributed by atoms with Gasteiger partial charge in [-0.15, -0.1) is 0 Å². The van der Waals surface area contributed by atoms with Crippen LogP contribution in [0.2, 0.25) is 0 Å². The second-order valence-electron chi connectivity index (χ2n) is 6.20. The highest BCUT2D eigenvalue weighted by molar-refractivity contribution is 5.90. The SMILES string of the molecule is CCOC(=O)c1cc(-c2ccc(F)cc2F)c2c(n1)O[C@@H](CO)[C@@H](C)C2. The number of aliphatic hydroxyl groups excluding tert-OH is 1. The Morgan fingerprint density at radius 2 is 2.12 bits per heavy atom. The number of carbonyl (C=O) groups excluding carboxylic acids is 1. The molecule has 0 saturated heterocycles. The molecule has 0 bridgehead atoms. The third-order valence-electron chi connectivity index (χ3n) is 4.40. The van der Waals surface area contributed by atoms with E-state index in [1.54, 1.807) is 6.92 Å². The Morgan fingerprint density at radius 1 is 1.35 bits per heavy atom. The molecule has 1 aromatic heterocycles. The number of hydrogen-bond acceptors (Lipinski definition) is 5. The molecule has 2 atom stereocenters. The number of carbonyl (C=O) groups is 1. The van der Waals surface area contributed by atoms with Gasteiger partial charge in [0, 0.05) is 17.2 Å². The molecular weight excluding hydrogens is 344 g/mol. The van der Waals surface area contributed by atoms with E-state index < -0.39 is 23.7 Å². The number of aliphatic hydroxyl groups is 1. The number of ether oxygens (including phenoxy) is 2. The second kappa shape index (κ2) is 7.37. The van der Waals surface area contributed by atoms with E-state index in [2.05, 4.69) is 4.98 Å². The molecule has 0 saturated carbocycles. The zero-order chi connectivity index (χ0) is 18.8. The van der Waals surface area contributed by atoms with E-state index in [0.717, 1.165) is 12.1 Å². The van der Waals surface area contributed by atoms with Crippen molar-refractivity contribution >= 4 is 5.97 Å². The molecule has 138 valence electrons. The fourth-order valence-corrected chi connectivity index (χ4v) is 3.03. The number of benzene rings is 1. The lowest BCUT2D eigenvalue weighted by Crippen LogP contribution is -2.35. The van der Waals surface area contributed by atoms with E-state index in [4.69, 9.17) is 9.47 Å². The summed E-state index contributed by atoms with van der Waals surface area (Å²) < 4.78 is 38.4. The predicted molar refractivity (Wildman–Crippen MR) is 89.9 cm³/mol. The van der Waals surface area contributed by atoms with Gasteiger partial charge in [0.05, 0.1) is 13.2 Å². The van der Waals surface area contributed by atoms with Crippen LogP contribution >= 0.6 is 0 Å². The third kappa shape index (κ3) is 3.39. The molecule has 1 aliphatic rings. The van der Waals surface area contributed by atoms with Crippen molar-refractivity contribution in [1.29, 1.82) is 0 Å². The van der Waals surface area contributed by atoms with Gasteiger partial charge in [-0.05, 0) is 43.0 Å². The first-order valence-corrected chi connectivity index (χ1v) is 8.38. The summed E-state index contributed by atoms with van der Waals surface area (Å²) >= 11 is 0. The molecule has 2 heterocycles. The summed E-state index contributed by atoms with van der Waals surface area (Å²) in [4.78, 5) is 16.3. The van der Waals surface area contributed by atoms with Gasteiger partial charge in [0.15, 0.2) is 5.69 Å². The molecule has 1 N–H and O–H groups in total. The van der Waals surface area contributed by atoms with Crippen LogP contribution in [0.4, 0.5) is 8.78 Å². The van der Waals surface area contributed by atoms with Gasteiger partial charge in [-0.2, -0.15) is 0 Å². The van der Waals surface area contributed by atoms with Crippen molar-refractivity contribution in [1.82, 2.24) is 4.98 Å². The maximum atomic E-state index is 14.4. The average molecular weight is 363 g/mol. The van der Waals surface area contributed by atoms with Crippen LogP contribution in [0.25, 0.3) is 11.1 Å². The molecule has 1 aliphatic heterocycles. The highest BCUT2D eigenvalue weighted by Crippen LogP contribution is 2.38. The summed E-state index contributed by atoms with van der Waals surface area (Å²) in [6.07, 6.45) is 0.00127. The maximum Gasteiger partial charge on any atom is 0.357 e. The minimum absolute atomic E-state index is 0.0319. The molecule has 3 rings (SSSR count). The van der Waals surface area contributed by atoms with Gasteiger partial charge in [-0.3, -0.25) is 0 Å². The van der Waals surface area contributed by atoms with Crippen LogP contribution in [0.1, 0.15) is 29.9 Å². The first-order chi connectivity index (χ1) is 12.4. The van der Waals surface area contributed by atoms with Crippen molar-refractivity contribution in [3.05, 3.63) is 47.2 Å². The highest BCUT2D eigenvalue weighted by atomic mass is 19.1. The van der Waals surface area contributed by atoms with Crippen LogP contribution in [0.15, 0.2) is 24.3 Å². The van der Waals surface area contributed by atoms with Crippen LogP contribution < -0.4 is 4.74 Å². The average Bonchev–Trinajstić information content (AvgIpc) is 2.61. The minimum atomic E-state index is -0.745. The van der Waals surface area contributed by atoms with Gasteiger partial charge in [-0.25, -0.2) is 18.6 Å². The van der Waals surface area contributed by atoms with Crippen LogP contribution in [-0.2, 0) is 11.2 Å². The quantitative estimate of drug-likeness (QED) is 0.846. The Morgan fingerprint density at radius 3 is 2.77 bits per heavy atom. The normalized spacial score (nSPS) is 18.8. The fourth-order valence-electron chi connectivity index (χ4n) is 3.03. The number of aromatic nitrogens is 1. The smallest absolute Gasteiger partial charge is 0.357 e. The number of hydrogen-bond donors (Lipinski definition) is 1. The van der Waals surface area contributed by atoms with Crippen LogP contribution in [0.3, 0.4) is 0 Å². The van der Waals surface area contributed by atoms with E-state index in [0.29, 0.717) is 17.5 Å². The molecule has 0 radical (unpaired) electrons. The number of rotatable bonds is 4. The number of halogens is 2. The van der Waals surface area contributed by atoms with E-state index >= 15 is 0 Å². The van der Waals surface area contributed by atoms with Crippen LogP contribution in [-0.4, -0.2) is 35.4 Å². The molecule has 0 amide bonds. The van der Waals surface area contributed by atoms with E-state index in [-0.39, 0.29) is 36.3 Å². The molecule has 0 spiro atoms. The summed E-state index contributed by atoms with van der Waals surface area (Å²) in [7, 11) is 0. The molecule has 0 fully saturated rings. The summed E-state index contributed by atoms with van der Waals surface area (Å²) in [6, 6.07) is 4.69. The van der Waals surface area contributed by atoms with Crippen molar-refractivity contribution in [2.45, 2.75) is 26.4 Å². The van der Waals surface area contributed by atoms with Gasteiger partial charge < -0.3 is 14.6 Å². The highest BCUT2D eigenvalue weighted by Gasteiger charge is 2.31. The molecule has 7 heteroatoms. The van der Waals surface area contributed by atoms with E-state index in [9.17, 15) is 18.7 Å². The minimum Gasteiger partial charge on any atom is -0.471 e. The summed E-state index contributed by atoms with van der Waals surface area (Å²) in [5, 5.41) is 9.46. The predicted octanol–water partition coefficient (Wildman–Crippen LogP) is 3.14. The maximum absolute atomic E-state index is 14.4. The van der Waals surface area contributed by atoms with Crippen LogP contribution in [0.5, 0.6) is 5.88 Å². The Labute approximate surface area is 149 Å².